The SMILES string of the molecule is CCOC(=O)c1ccc(NC(=O)C(Sc2ccc(NC(=O)/C(=C/c3ccc(OC)c(OC)c3)NC(=O)c3ccccc3)cc2)c2ccccc2)cc1. The molecular weight excluding hydrogens is 679 g/mol. The standard InChI is InChI=1S/C41H37N3O7S/c1-4-51-41(48)30-16-18-31(19-17-30)43-40(47)37(28-11-7-5-8-12-28)52-33-22-20-32(21-23-33)42-39(46)34(44-38(45)29-13-9-6-10-14-29)25-27-15-24-35(49-2)36(26-27)50-3/h5-26,37H,4H2,1-3H3,(H,42,46)(H,43,47)(H,44,45)/b34-25-. The van der Waals surface area contributed by atoms with Crippen LogP contribution < -0.4 is 25.4 Å². The van der Waals surface area contributed by atoms with E-state index in [1.165, 1.54) is 26.0 Å². The molecule has 0 bridgehead atoms. The van der Waals surface area contributed by atoms with Gasteiger partial charge in [-0.1, -0.05) is 54.6 Å². The Morgan fingerprint density at radius 1 is 0.692 bits per heavy atom. The Kier molecular flexibility index (Phi) is 12.8. The summed E-state index contributed by atoms with van der Waals surface area (Å²) in [5.41, 5.74) is 3.20. The molecule has 3 N–H and O–H groups in total. The van der Waals surface area contributed by atoms with Crippen molar-refractivity contribution in [1.82, 2.24) is 5.32 Å². The predicted molar refractivity (Wildman–Crippen MR) is 203 cm³/mol. The van der Waals surface area contributed by atoms with Crippen molar-refractivity contribution in [3.8, 4) is 11.5 Å². The Morgan fingerprint density at radius 3 is 1.94 bits per heavy atom. The topological polar surface area (TPSA) is 132 Å². The number of ether oxygens (including phenoxy) is 3. The third-order valence-corrected chi connectivity index (χ3v) is 8.88. The molecule has 5 aromatic rings. The van der Waals surface area contributed by atoms with Crippen molar-refractivity contribution in [1.29, 1.82) is 0 Å². The Labute approximate surface area is 306 Å². The predicted octanol–water partition coefficient (Wildman–Crippen LogP) is 7.76. The summed E-state index contributed by atoms with van der Waals surface area (Å²) in [6.07, 6.45) is 1.55. The summed E-state index contributed by atoms with van der Waals surface area (Å²) in [4.78, 5) is 53.1. The fourth-order valence-electron chi connectivity index (χ4n) is 5.02. The van der Waals surface area contributed by atoms with Crippen molar-refractivity contribution in [2.45, 2.75) is 17.1 Å². The third kappa shape index (κ3) is 9.89. The molecule has 0 aliphatic heterocycles. The number of nitrogens with one attached hydrogen (secondary N) is 3. The van der Waals surface area contributed by atoms with Crippen molar-refractivity contribution in [2.24, 2.45) is 0 Å². The van der Waals surface area contributed by atoms with E-state index in [1.54, 1.807) is 110 Å². The second-order valence-electron chi connectivity index (χ2n) is 11.2. The van der Waals surface area contributed by atoms with Gasteiger partial charge in [0, 0.05) is 21.8 Å². The Balaban J connectivity index is 1.33. The number of thioether (sulfide) groups is 1. The summed E-state index contributed by atoms with van der Waals surface area (Å²) >= 11 is 1.34. The molecule has 1 unspecified atom stereocenters. The zero-order chi connectivity index (χ0) is 36.9. The van der Waals surface area contributed by atoms with Gasteiger partial charge in [-0.05, 0) is 96.9 Å². The fourth-order valence-corrected chi connectivity index (χ4v) is 6.04. The average molecular weight is 716 g/mol. The molecule has 0 spiro atoms. The highest BCUT2D eigenvalue weighted by atomic mass is 32.2. The number of amides is 3. The molecule has 0 aliphatic rings. The fraction of sp³-hybridized carbons (Fsp3) is 0.122. The van der Waals surface area contributed by atoms with Crippen molar-refractivity contribution in [3.63, 3.8) is 0 Å². The van der Waals surface area contributed by atoms with Gasteiger partial charge in [-0.25, -0.2) is 4.79 Å². The number of carbonyl (C=O) groups excluding carboxylic acids is 4. The molecule has 1 atom stereocenters. The number of benzene rings is 5. The number of anilines is 2. The smallest absolute Gasteiger partial charge is 0.338 e. The van der Waals surface area contributed by atoms with E-state index in [4.69, 9.17) is 14.2 Å². The molecule has 0 aliphatic carbocycles. The van der Waals surface area contributed by atoms with Gasteiger partial charge >= 0.3 is 5.97 Å². The van der Waals surface area contributed by atoms with Gasteiger partial charge in [0.2, 0.25) is 5.91 Å². The highest BCUT2D eigenvalue weighted by Crippen LogP contribution is 2.37. The minimum Gasteiger partial charge on any atom is -0.493 e. The van der Waals surface area contributed by atoms with Gasteiger partial charge < -0.3 is 30.2 Å². The first-order valence-corrected chi connectivity index (χ1v) is 17.2. The van der Waals surface area contributed by atoms with E-state index in [9.17, 15) is 19.2 Å². The van der Waals surface area contributed by atoms with Crippen molar-refractivity contribution >= 4 is 52.9 Å². The largest absolute Gasteiger partial charge is 0.493 e. The summed E-state index contributed by atoms with van der Waals surface area (Å²) in [6.45, 7) is 2.01. The summed E-state index contributed by atoms with van der Waals surface area (Å²) in [5, 5.41) is 7.93. The molecule has 5 aromatic carbocycles. The van der Waals surface area contributed by atoms with Gasteiger partial charge in [0.25, 0.3) is 11.8 Å². The number of hydrogen-bond acceptors (Lipinski definition) is 8. The second-order valence-corrected chi connectivity index (χ2v) is 12.3. The Hall–Kier alpha value is -6.33. The number of carbonyl (C=O) groups is 4. The van der Waals surface area contributed by atoms with Crippen molar-refractivity contribution in [2.75, 3.05) is 31.5 Å². The van der Waals surface area contributed by atoms with Gasteiger partial charge in [0.1, 0.15) is 10.9 Å². The number of hydrogen-bond donors (Lipinski definition) is 3. The third-order valence-electron chi connectivity index (χ3n) is 7.62. The van der Waals surface area contributed by atoms with Crippen LogP contribution in [0.2, 0.25) is 0 Å². The molecule has 3 amide bonds. The lowest BCUT2D eigenvalue weighted by Crippen LogP contribution is -2.30. The van der Waals surface area contributed by atoms with Crippen LogP contribution in [0.25, 0.3) is 6.08 Å². The van der Waals surface area contributed by atoms with Crippen LogP contribution >= 0.6 is 11.8 Å². The van der Waals surface area contributed by atoms with Crippen LogP contribution in [0, 0.1) is 0 Å². The molecule has 5 rings (SSSR count). The number of esters is 1. The average Bonchev–Trinajstić information content (AvgIpc) is 3.18. The van der Waals surface area contributed by atoms with Gasteiger partial charge in [-0.2, -0.15) is 0 Å². The molecule has 52 heavy (non-hydrogen) atoms. The summed E-state index contributed by atoms with van der Waals surface area (Å²) < 4.78 is 15.8. The molecule has 0 heterocycles. The second kappa shape index (κ2) is 18.1. The Morgan fingerprint density at radius 2 is 1.31 bits per heavy atom. The summed E-state index contributed by atoms with van der Waals surface area (Å²) in [6, 6.07) is 36.7. The number of methoxy groups -OCH3 is 2. The molecule has 0 fully saturated rings. The molecular formula is C41H37N3O7S. The lowest BCUT2D eigenvalue weighted by molar-refractivity contribution is -0.116. The van der Waals surface area contributed by atoms with Crippen LogP contribution in [-0.4, -0.2) is 44.5 Å². The zero-order valence-corrected chi connectivity index (χ0v) is 29.6. The molecule has 0 saturated heterocycles. The van der Waals surface area contributed by atoms with E-state index in [0.717, 1.165) is 10.5 Å². The minimum atomic E-state index is -0.615. The molecule has 264 valence electrons. The van der Waals surface area contributed by atoms with Gasteiger partial charge in [-0.15, -0.1) is 11.8 Å². The number of rotatable bonds is 14. The first kappa shape index (κ1) is 36.9. The zero-order valence-electron chi connectivity index (χ0n) is 28.8. The molecule has 0 radical (unpaired) electrons. The van der Waals surface area contributed by atoms with E-state index in [1.807, 2.05) is 30.3 Å². The molecule has 0 aromatic heterocycles. The highest BCUT2D eigenvalue weighted by molar-refractivity contribution is 8.00. The van der Waals surface area contributed by atoms with Crippen LogP contribution in [-0.2, 0) is 14.3 Å². The van der Waals surface area contributed by atoms with E-state index >= 15 is 0 Å². The van der Waals surface area contributed by atoms with Crippen LogP contribution in [0.3, 0.4) is 0 Å². The van der Waals surface area contributed by atoms with Crippen LogP contribution in [0.5, 0.6) is 11.5 Å². The van der Waals surface area contributed by atoms with E-state index in [2.05, 4.69) is 16.0 Å². The maximum absolute atomic E-state index is 13.6. The van der Waals surface area contributed by atoms with Gasteiger partial charge in [-0.3, -0.25) is 14.4 Å². The molecule has 0 saturated carbocycles. The van der Waals surface area contributed by atoms with Crippen molar-refractivity contribution in [3.05, 3.63) is 155 Å². The first-order valence-electron chi connectivity index (χ1n) is 16.3. The maximum atomic E-state index is 13.6. The first-order chi connectivity index (χ1) is 25.3. The van der Waals surface area contributed by atoms with E-state index in [-0.39, 0.29) is 18.2 Å². The lowest BCUT2D eigenvalue weighted by Gasteiger charge is -2.18. The lowest BCUT2D eigenvalue weighted by atomic mass is 10.1. The normalized spacial score (nSPS) is 11.5. The van der Waals surface area contributed by atoms with Crippen LogP contribution in [0.15, 0.2) is 138 Å². The maximum Gasteiger partial charge on any atom is 0.338 e. The van der Waals surface area contributed by atoms with Crippen LogP contribution in [0.4, 0.5) is 11.4 Å². The summed E-state index contributed by atoms with van der Waals surface area (Å²) in [7, 11) is 3.04. The van der Waals surface area contributed by atoms with Crippen LogP contribution in [0.1, 0.15) is 44.0 Å². The van der Waals surface area contributed by atoms with Gasteiger partial charge in [0.15, 0.2) is 11.5 Å². The Bertz CT molecular complexity index is 2040. The van der Waals surface area contributed by atoms with E-state index in [0.29, 0.717) is 39.6 Å². The minimum absolute atomic E-state index is 0.00984. The summed E-state index contributed by atoms with van der Waals surface area (Å²) in [5.74, 6) is -0.692. The van der Waals surface area contributed by atoms with Gasteiger partial charge in [0.05, 0.1) is 26.4 Å². The van der Waals surface area contributed by atoms with Crippen molar-refractivity contribution < 1.29 is 33.4 Å². The highest BCUT2D eigenvalue weighted by Gasteiger charge is 2.23. The molecule has 11 heteroatoms. The van der Waals surface area contributed by atoms with E-state index < -0.39 is 23.0 Å². The molecule has 10 nitrogen and oxygen atoms in total. The quantitative estimate of drug-likeness (QED) is 0.0604. The monoisotopic (exact) mass is 715 g/mol.